The van der Waals surface area contributed by atoms with Crippen molar-refractivity contribution < 1.29 is 24.0 Å². The zero-order chi connectivity index (χ0) is 29.8. The van der Waals surface area contributed by atoms with Crippen molar-refractivity contribution in [1.82, 2.24) is 25.8 Å². The summed E-state index contributed by atoms with van der Waals surface area (Å²) in [6, 6.07) is -3.08. The molecular formula is C29H44N6O5S. The second-order valence-electron chi connectivity index (χ2n) is 13.0. The average molecular weight is 589 g/mol. The number of urea groups is 1. The highest BCUT2D eigenvalue weighted by Crippen LogP contribution is 2.34. The minimum absolute atomic E-state index is 0.279. The summed E-state index contributed by atoms with van der Waals surface area (Å²) in [6.45, 7) is 6.00. The van der Waals surface area contributed by atoms with Crippen LogP contribution in [0.5, 0.6) is 0 Å². The highest BCUT2D eigenvalue weighted by atomic mass is 32.1. The fourth-order valence-corrected chi connectivity index (χ4v) is 6.85. The molecule has 1 aromatic heterocycles. The minimum atomic E-state index is -1.08. The molecule has 2 aliphatic carbocycles. The summed E-state index contributed by atoms with van der Waals surface area (Å²) < 4.78 is 0. The van der Waals surface area contributed by atoms with Gasteiger partial charge in [0.15, 0.2) is 0 Å². The van der Waals surface area contributed by atoms with Crippen LogP contribution in [-0.4, -0.2) is 69.6 Å². The number of Topliss-reactive ketones (excluding diaryl/α,β-unsaturated/α-hetero) is 1. The lowest BCUT2D eigenvalue weighted by Gasteiger charge is -2.40. The molecule has 1 aliphatic heterocycles. The van der Waals surface area contributed by atoms with E-state index in [1.165, 1.54) is 4.90 Å². The first-order valence-corrected chi connectivity index (χ1v) is 15.7. The molecule has 2 heterocycles. The maximum atomic E-state index is 13.9. The molecule has 1 aromatic rings. The predicted molar refractivity (Wildman–Crippen MR) is 155 cm³/mol. The quantitative estimate of drug-likeness (QED) is 0.290. The Bertz CT molecular complexity index is 1120. The normalized spacial score (nSPS) is 21.9. The number of carbonyl (C=O) groups excluding carboxylic acids is 5. The van der Waals surface area contributed by atoms with Crippen molar-refractivity contribution in [2.75, 3.05) is 6.54 Å². The van der Waals surface area contributed by atoms with Crippen LogP contribution in [0.25, 0.3) is 0 Å². The topological polar surface area (TPSA) is 164 Å². The highest BCUT2D eigenvalue weighted by molar-refractivity contribution is 7.09. The third-order valence-electron chi connectivity index (χ3n) is 8.53. The van der Waals surface area contributed by atoms with Crippen LogP contribution in [0.1, 0.15) is 90.0 Å². The molecule has 5 amide bonds. The summed E-state index contributed by atoms with van der Waals surface area (Å²) in [5.41, 5.74) is 4.17. The number of nitrogens with one attached hydrogen (secondary N) is 3. The van der Waals surface area contributed by atoms with Gasteiger partial charge in [0.05, 0.1) is 11.0 Å². The molecule has 226 valence electrons. The molecule has 0 radical (unpaired) electrons. The summed E-state index contributed by atoms with van der Waals surface area (Å²) in [6.07, 6.45) is 10.5. The third kappa shape index (κ3) is 8.05. The Morgan fingerprint density at radius 3 is 2.37 bits per heavy atom. The molecular weight excluding hydrogens is 544 g/mol. The number of ketones is 1. The number of rotatable bonds is 11. The van der Waals surface area contributed by atoms with E-state index in [-0.39, 0.29) is 11.8 Å². The van der Waals surface area contributed by atoms with Crippen LogP contribution in [0.4, 0.5) is 4.79 Å². The van der Waals surface area contributed by atoms with E-state index in [9.17, 15) is 24.0 Å². The first kappa shape index (κ1) is 30.9. The van der Waals surface area contributed by atoms with Gasteiger partial charge in [0.25, 0.3) is 5.91 Å². The van der Waals surface area contributed by atoms with Crippen LogP contribution in [0.15, 0.2) is 11.6 Å². The molecule has 0 bridgehead atoms. The number of nitrogens with zero attached hydrogens (tertiary/aromatic N) is 2. The van der Waals surface area contributed by atoms with Gasteiger partial charge in [0.1, 0.15) is 12.1 Å². The number of primary amides is 1. The van der Waals surface area contributed by atoms with Crippen molar-refractivity contribution in [1.29, 1.82) is 0 Å². The Hall–Kier alpha value is -3.02. The summed E-state index contributed by atoms with van der Waals surface area (Å²) in [7, 11) is 0. The molecule has 3 unspecified atom stereocenters. The zero-order valence-corrected chi connectivity index (χ0v) is 25.2. The van der Waals surface area contributed by atoms with Gasteiger partial charge in [-0.3, -0.25) is 19.2 Å². The number of hydrogen-bond acceptors (Lipinski definition) is 7. The largest absolute Gasteiger partial charge is 0.363 e. The van der Waals surface area contributed by atoms with Gasteiger partial charge in [-0.05, 0) is 43.4 Å². The maximum Gasteiger partial charge on any atom is 0.315 e. The Labute approximate surface area is 245 Å². The molecule has 4 rings (SSSR count). The van der Waals surface area contributed by atoms with E-state index >= 15 is 0 Å². The van der Waals surface area contributed by atoms with Crippen molar-refractivity contribution in [3.63, 3.8) is 0 Å². The molecule has 0 spiro atoms. The van der Waals surface area contributed by atoms with Crippen LogP contribution in [-0.2, 0) is 25.6 Å². The number of hydrogen-bond donors (Lipinski definition) is 4. The molecule has 3 atom stereocenters. The number of amides is 5. The maximum absolute atomic E-state index is 13.9. The Kier molecular flexibility index (Phi) is 9.71. The molecule has 3 fully saturated rings. The minimum Gasteiger partial charge on any atom is -0.363 e. The zero-order valence-electron chi connectivity index (χ0n) is 24.4. The average Bonchev–Trinajstić information content (AvgIpc) is 3.34. The molecule has 1 saturated heterocycles. The van der Waals surface area contributed by atoms with Crippen molar-refractivity contribution in [3.05, 3.63) is 16.6 Å². The lowest BCUT2D eigenvalue weighted by Crippen LogP contribution is -2.62. The Morgan fingerprint density at radius 2 is 1.78 bits per heavy atom. The van der Waals surface area contributed by atoms with E-state index in [0.29, 0.717) is 32.2 Å². The van der Waals surface area contributed by atoms with Crippen molar-refractivity contribution in [2.45, 2.75) is 115 Å². The van der Waals surface area contributed by atoms with E-state index in [1.54, 1.807) is 17.5 Å². The molecule has 3 aliphatic rings. The van der Waals surface area contributed by atoms with Crippen molar-refractivity contribution >= 4 is 40.9 Å². The van der Waals surface area contributed by atoms with Gasteiger partial charge >= 0.3 is 6.03 Å². The van der Waals surface area contributed by atoms with Gasteiger partial charge in [0, 0.05) is 30.1 Å². The van der Waals surface area contributed by atoms with Gasteiger partial charge in [-0.1, -0.05) is 52.9 Å². The van der Waals surface area contributed by atoms with Gasteiger partial charge in [0.2, 0.25) is 17.6 Å². The van der Waals surface area contributed by atoms with Gasteiger partial charge in [-0.2, -0.15) is 0 Å². The second-order valence-corrected chi connectivity index (χ2v) is 14.0. The fraction of sp³-hybridized carbons (Fsp3) is 0.724. The molecule has 5 N–H and O–H groups in total. The standard InChI is InChI=1S/C29H44N6O5S/c1-28(2,3)23(33-27(40)34-29(11-5-4-6-12-29)17-21-31-13-15-41-21)26(39)35-14-7-8-20(35)25(38)32-19(16-18-9-10-18)22(36)24(30)37/h13,15,18-20,23H,4-12,14,16-17H2,1-3H3,(H2,30,37)(H,32,38)(H2,33,34,40). The molecule has 41 heavy (non-hydrogen) atoms. The SMILES string of the molecule is CC(C)(C)C(NC(=O)NC1(Cc2nccs2)CCCCC1)C(=O)N1CCCC1C(=O)NC(CC1CC1)C(=O)C(N)=O. The van der Waals surface area contributed by atoms with Crippen molar-refractivity contribution in [2.24, 2.45) is 17.1 Å². The summed E-state index contributed by atoms with van der Waals surface area (Å²) in [4.78, 5) is 70.6. The van der Waals surface area contributed by atoms with Crippen molar-refractivity contribution in [3.8, 4) is 0 Å². The molecule has 11 nitrogen and oxygen atoms in total. The van der Waals surface area contributed by atoms with Crippen LogP contribution in [0.2, 0.25) is 0 Å². The number of likely N-dealkylation sites (tertiary alicyclic amines) is 1. The number of nitrogens with two attached hydrogens (primary N) is 1. The first-order valence-electron chi connectivity index (χ1n) is 14.8. The van der Waals surface area contributed by atoms with Crippen LogP contribution in [0, 0.1) is 11.3 Å². The van der Waals surface area contributed by atoms with Gasteiger partial charge < -0.3 is 26.6 Å². The Balaban J connectivity index is 1.45. The van der Waals surface area contributed by atoms with E-state index in [1.807, 2.05) is 26.2 Å². The number of aromatic nitrogens is 1. The lowest BCUT2D eigenvalue weighted by atomic mass is 9.79. The number of thiazole rings is 1. The second kappa shape index (κ2) is 12.9. The van der Waals surface area contributed by atoms with Crippen LogP contribution < -0.4 is 21.7 Å². The predicted octanol–water partition coefficient (Wildman–Crippen LogP) is 2.43. The summed E-state index contributed by atoms with van der Waals surface area (Å²) in [5, 5.41) is 11.8. The van der Waals surface area contributed by atoms with Gasteiger partial charge in [-0.15, -0.1) is 11.3 Å². The summed E-state index contributed by atoms with van der Waals surface area (Å²) in [5.74, 6) is -2.44. The van der Waals surface area contributed by atoms with Crippen LogP contribution in [0.3, 0.4) is 0 Å². The third-order valence-corrected chi connectivity index (χ3v) is 9.31. The highest BCUT2D eigenvalue weighted by Gasteiger charge is 2.44. The Morgan fingerprint density at radius 1 is 1.07 bits per heavy atom. The van der Waals surface area contributed by atoms with E-state index in [2.05, 4.69) is 20.9 Å². The molecule has 2 saturated carbocycles. The molecule has 0 aromatic carbocycles. The lowest BCUT2D eigenvalue weighted by molar-refractivity contribution is -0.143. The smallest absolute Gasteiger partial charge is 0.315 e. The van der Waals surface area contributed by atoms with E-state index < -0.39 is 52.7 Å². The fourth-order valence-electron chi connectivity index (χ4n) is 6.09. The van der Waals surface area contributed by atoms with Crippen LogP contribution >= 0.6 is 11.3 Å². The number of carbonyl (C=O) groups is 5. The van der Waals surface area contributed by atoms with Gasteiger partial charge in [-0.25, -0.2) is 9.78 Å². The van der Waals surface area contributed by atoms with E-state index in [4.69, 9.17) is 5.73 Å². The molecule has 12 heteroatoms. The summed E-state index contributed by atoms with van der Waals surface area (Å²) >= 11 is 1.57. The monoisotopic (exact) mass is 588 g/mol. The van der Waals surface area contributed by atoms with E-state index in [0.717, 1.165) is 50.0 Å². The first-order chi connectivity index (χ1) is 19.4.